The fraction of sp³-hybridized carbons (Fsp3) is 0.200. The molecule has 110 valence electrons. The number of amides is 1. The highest BCUT2D eigenvalue weighted by atomic mass is 32.1. The van der Waals surface area contributed by atoms with Crippen molar-refractivity contribution >= 4 is 23.3 Å². The van der Waals surface area contributed by atoms with E-state index in [1.54, 1.807) is 37.0 Å². The van der Waals surface area contributed by atoms with Crippen molar-refractivity contribution in [2.24, 2.45) is 12.0 Å². The molecule has 1 heterocycles. The second kappa shape index (κ2) is 6.90. The van der Waals surface area contributed by atoms with Gasteiger partial charge in [0, 0.05) is 24.7 Å². The van der Waals surface area contributed by atoms with E-state index in [4.69, 9.17) is 9.47 Å². The van der Waals surface area contributed by atoms with Crippen molar-refractivity contribution in [3.63, 3.8) is 0 Å². The van der Waals surface area contributed by atoms with Crippen LogP contribution in [0, 0.1) is 0 Å². The molecule has 0 saturated carbocycles. The van der Waals surface area contributed by atoms with Gasteiger partial charge in [0.2, 0.25) is 0 Å². The van der Waals surface area contributed by atoms with Crippen molar-refractivity contribution in [1.82, 2.24) is 4.57 Å². The molecule has 2 aromatic rings. The van der Waals surface area contributed by atoms with Crippen molar-refractivity contribution in [1.29, 1.82) is 0 Å². The summed E-state index contributed by atoms with van der Waals surface area (Å²) in [7, 11) is 5.00. The van der Waals surface area contributed by atoms with Gasteiger partial charge < -0.3 is 14.0 Å². The number of carbonyl (C=O) groups is 1. The monoisotopic (exact) mass is 304 g/mol. The average Bonchev–Trinajstić information content (AvgIpc) is 2.90. The van der Waals surface area contributed by atoms with Crippen LogP contribution in [-0.4, -0.2) is 24.7 Å². The quantitative estimate of drug-likeness (QED) is 0.814. The lowest BCUT2D eigenvalue weighted by Crippen LogP contribution is -2.11. The number of hydrogen-bond acceptors (Lipinski definition) is 4. The van der Waals surface area contributed by atoms with Gasteiger partial charge in [-0.3, -0.25) is 4.79 Å². The summed E-state index contributed by atoms with van der Waals surface area (Å²) < 4.78 is 12.2. The van der Waals surface area contributed by atoms with E-state index in [0.717, 1.165) is 5.56 Å². The van der Waals surface area contributed by atoms with Gasteiger partial charge >= 0.3 is 0 Å². The molecule has 0 fully saturated rings. The van der Waals surface area contributed by atoms with E-state index >= 15 is 0 Å². The standard InChI is InChI=1S/C15H16N2O3S/c1-17-8-9-21-15(17)16-14(18)7-5-11-4-6-12(19-2)13(10-11)20-3/h4-10H,1-3H3/b7-5+,16-15?. The zero-order chi connectivity index (χ0) is 15.2. The molecule has 0 aliphatic carbocycles. The molecule has 1 aromatic carbocycles. The molecular formula is C15H16N2O3S. The molecule has 0 spiro atoms. The van der Waals surface area contributed by atoms with Crippen LogP contribution in [-0.2, 0) is 11.8 Å². The molecule has 0 atom stereocenters. The molecule has 0 radical (unpaired) electrons. The lowest BCUT2D eigenvalue weighted by molar-refractivity contribution is -0.113. The molecule has 0 aliphatic rings. The molecule has 6 heteroatoms. The molecule has 5 nitrogen and oxygen atoms in total. The van der Waals surface area contributed by atoms with Gasteiger partial charge in [0.25, 0.3) is 5.91 Å². The van der Waals surface area contributed by atoms with E-state index in [1.165, 1.54) is 17.4 Å². The molecule has 0 N–H and O–H groups in total. The zero-order valence-corrected chi connectivity index (χ0v) is 12.9. The Morgan fingerprint density at radius 2 is 2.05 bits per heavy atom. The summed E-state index contributed by atoms with van der Waals surface area (Å²) in [6.07, 6.45) is 4.98. The van der Waals surface area contributed by atoms with Crippen LogP contribution in [0.1, 0.15) is 5.56 Å². The van der Waals surface area contributed by atoms with Crippen molar-refractivity contribution < 1.29 is 14.3 Å². The Morgan fingerprint density at radius 3 is 2.67 bits per heavy atom. The number of benzene rings is 1. The average molecular weight is 304 g/mol. The van der Waals surface area contributed by atoms with Crippen LogP contribution in [0.15, 0.2) is 40.8 Å². The number of nitrogens with zero attached hydrogens (tertiary/aromatic N) is 2. The number of aryl methyl sites for hydroxylation is 1. The predicted octanol–water partition coefficient (Wildman–Crippen LogP) is 2.24. The fourth-order valence-electron chi connectivity index (χ4n) is 1.69. The minimum atomic E-state index is -0.303. The van der Waals surface area contributed by atoms with Gasteiger partial charge in [-0.25, -0.2) is 0 Å². The van der Waals surface area contributed by atoms with Crippen LogP contribution in [0.25, 0.3) is 6.08 Å². The minimum absolute atomic E-state index is 0.303. The van der Waals surface area contributed by atoms with Gasteiger partial charge in [0.15, 0.2) is 16.3 Å². The summed E-state index contributed by atoms with van der Waals surface area (Å²) in [5.74, 6) is 0.966. The first-order chi connectivity index (χ1) is 10.1. The van der Waals surface area contributed by atoms with Crippen LogP contribution in [0.3, 0.4) is 0 Å². The molecule has 0 unspecified atom stereocenters. The summed E-state index contributed by atoms with van der Waals surface area (Å²) in [6, 6.07) is 5.43. The summed E-state index contributed by atoms with van der Waals surface area (Å²) in [5, 5.41) is 1.88. The van der Waals surface area contributed by atoms with Crippen molar-refractivity contribution in [3.05, 3.63) is 46.2 Å². The molecule has 2 rings (SSSR count). The minimum Gasteiger partial charge on any atom is -0.493 e. The molecule has 0 saturated heterocycles. The second-order valence-corrected chi connectivity index (χ2v) is 5.07. The predicted molar refractivity (Wildman–Crippen MR) is 82.4 cm³/mol. The number of hydrogen-bond donors (Lipinski definition) is 0. The van der Waals surface area contributed by atoms with E-state index in [1.807, 2.05) is 24.7 Å². The summed E-state index contributed by atoms with van der Waals surface area (Å²) in [6.45, 7) is 0. The maximum absolute atomic E-state index is 11.8. The number of rotatable bonds is 4. The molecule has 0 aliphatic heterocycles. The number of thiazole rings is 1. The summed E-state index contributed by atoms with van der Waals surface area (Å²) >= 11 is 1.42. The number of ether oxygens (including phenoxy) is 2. The molecular weight excluding hydrogens is 288 g/mol. The number of aromatic nitrogens is 1. The topological polar surface area (TPSA) is 52.8 Å². The fourth-order valence-corrected chi connectivity index (χ4v) is 2.43. The largest absolute Gasteiger partial charge is 0.493 e. The van der Waals surface area contributed by atoms with E-state index in [2.05, 4.69) is 4.99 Å². The van der Waals surface area contributed by atoms with Gasteiger partial charge in [0.1, 0.15) is 0 Å². The Kier molecular flexibility index (Phi) is 4.94. The van der Waals surface area contributed by atoms with Crippen LogP contribution in [0.5, 0.6) is 11.5 Å². The smallest absolute Gasteiger partial charge is 0.272 e. The molecule has 1 aromatic heterocycles. The van der Waals surface area contributed by atoms with E-state index in [-0.39, 0.29) is 5.91 Å². The van der Waals surface area contributed by atoms with Crippen LogP contribution >= 0.6 is 11.3 Å². The first kappa shape index (κ1) is 15.1. The van der Waals surface area contributed by atoms with Gasteiger partial charge in [-0.1, -0.05) is 6.07 Å². The highest BCUT2D eigenvalue weighted by Crippen LogP contribution is 2.27. The summed E-state index contributed by atoms with van der Waals surface area (Å²) in [5.41, 5.74) is 0.840. The zero-order valence-electron chi connectivity index (χ0n) is 12.1. The normalized spacial score (nSPS) is 11.9. The van der Waals surface area contributed by atoms with E-state index in [0.29, 0.717) is 16.3 Å². The Hall–Kier alpha value is -2.34. The van der Waals surface area contributed by atoms with Gasteiger partial charge in [-0.15, -0.1) is 11.3 Å². The third-order valence-electron chi connectivity index (χ3n) is 2.79. The Bertz CT molecular complexity index is 729. The molecule has 0 bridgehead atoms. The first-order valence-electron chi connectivity index (χ1n) is 6.23. The highest BCUT2D eigenvalue weighted by Gasteiger charge is 2.03. The molecule has 21 heavy (non-hydrogen) atoms. The van der Waals surface area contributed by atoms with Gasteiger partial charge in [-0.2, -0.15) is 4.99 Å². The maximum atomic E-state index is 11.8. The van der Waals surface area contributed by atoms with Crippen LogP contribution < -0.4 is 14.3 Å². The maximum Gasteiger partial charge on any atom is 0.272 e. The first-order valence-corrected chi connectivity index (χ1v) is 7.11. The van der Waals surface area contributed by atoms with E-state index in [9.17, 15) is 4.79 Å². The molecule has 1 amide bonds. The third kappa shape index (κ3) is 3.82. The lowest BCUT2D eigenvalue weighted by Gasteiger charge is -2.07. The van der Waals surface area contributed by atoms with E-state index < -0.39 is 0 Å². The van der Waals surface area contributed by atoms with Crippen molar-refractivity contribution in [3.8, 4) is 11.5 Å². The Labute approximate surface area is 126 Å². The van der Waals surface area contributed by atoms with Gasteiger partial charge in [0.05, 0.1) is 14.2 Å². The van der Waals surface area contributed by atoms with Crippen molar-refractivity contribution in [2.45, 2.75) is 0 Å². The summed E-state index contributed by atoms with van der Waals surface area (Å²) in [4.78, 5) is 16.5. The third-order valence-corrected chi connectivity index (χ3v) is 3.64. The van der Waals surface area contributed by atoms with Crippen LogP contribution in [0.2, 0.25) is 0 Å². The number of carbonyl (C=O) groups excluding carboxylic acids is 1. The number of methoxy groups -OCH3 is 2. The van der Waals surface area contributed by atoms with Crippen LogP contribution in [0.4, 0.5) is 0 Å². The second-order valence-electron chi connectivity index (χ2n) is 4.19. The Morgan fingerprint density at radius 1 is 1.29 bits per heavy atom. The Balaban J connectivity index is 2.18. The highest BCUT2D eigenvalue weighted by molar-refractivity contribution is 7.07. The van der Waals surface area contributed by atoms with Gasteiger partial charge in [-0.05, 0) is 23.8 Å². The lowest BCUT2D eigenvalue weighted by atomic mass is 10.2. The SMILES string of the molecule is COc1ccc(/C=C/C(=O)N=c2sccn2C)cc1OC. The van der Waals surface area contributed by atoms with Crippen molar-refractivity contribution in [2.75, 3.05) is 14.2 Å².